The van der Waals surface area contributed by atoms with Crippen molar-refractivity contribution in [2.24, 2.45) is 4.99 Å². The first-order valence-electron chi connectivity index (χ1n) is 9.91. The van der Waals surface area contributed by atoms with Gasteiger partial charge in [0.25, 0.3) is 0 Å². The van der Waals surface area contributed by atoms with E-state index in [4.69, 9.17) is 18.9 Å². The fourth-order valence-corrected chi connectivity index (χ4v) is 3.17. The van der Waals surface area contributed by atoms with Crippen molar-refractivity contribution < 1.29 is 18.9 Å². The summed E-state index contributed by atoms with van der Waals surface area (Å²) in [7, 11) is 5.24. The van der Waals surface area contributed by atoms with E-state index in [0.717, 1.165) is 49.7 Å². The van der Waals surface area contributed by atoms with Gasteiger partial charge in [-0.25, -0.2) is 0 Å². The Labute approximate surface area is 168 Å². The van der Waals surface area contributed by atoms with Gasteiger partial charge < -0.3 is 29.6 Å². The molecule has 1 saturated heterocycles. The van der Waals surface area contributed by atoms with Crippen LogP contribution in [0.5, 0.6) is 5.75 Å². The largest absolute Gasteiger partial charge is 0.493 e. The molecule has 0 amide bonds. The average molecular weight is 394 g/mol. The molecule has 7 heteroatoms. The van der Waals surface area contributed by atoms with E-state index >= 15 is 0 Å². The number of guanidine groups is 1. The van der Waals surface area contributed by atoms with E-state index in [2.05, 4.69) is 40.7 Å². The minimum atomic E-state index is -0.199. The number of aryl methyl sites for hydroxylation is 1. The zero-order valence-corrected chi connectivity index (χ0v) is 17.7. The monoisotopic (exact) mass is 393 g/mol. The maximum Gasteiger partial charge on any atom is 0.191 e. The Morgan fingerprint density at radius 1 is 1.18 bits per heavy atom. The molecule has 1 aromatic carbocycles. The summed E-state index contributed by atoms with van der Waals surface area (Å²) in [6.07, 6.45) is 2.62. The minimum absolute atomic E-state index is 0.199. The quantitative estimate of drug-likeness (QED) is 0.361. The highest BCUT2D eigenvalue weighted by molar-refractivity contribution is 5.79. The lowest BCUT2D eigenvalue weighted by Gasteiger charge is -2.36. The minimum Gasteiger partial charge on any atom is -0.493 e. The Morgan fingerprint density at radius 3 is 2.64 bits per heavy atom. The van der Waals surface area contributed by atoms with Crippen LogP contribution in [0.25, 0.3) is 0 Å². The number of hydrogen-bond acceptors (Lipinski definition) is 5. The van der Waals surface area contributed by atoms with Crippen LogP contribution < -0.4 is 15.4 Å². The first kappa shape index (κ1) is 22.5. The molecule has 0 spiro atoms. The van der Waals surface area contributed by atoms with Gasteiger partial charge in [0.05, 0.1) is 12.2 Å². The van der Waals surface area contributed by atoms with Gasteiger partial charge in [-0.05, 0) is 18.6 Å². The first-order valence-corrected chi connectivity index (χ1v) is 9.91. The Bertz CT molecular complexity index is 616. The van der Waals surface area contributed by atoms with E-state index in [1.54, 1.807) is 21.3 Å². The molecule has 0 radical (unpaired) electrons. The lowest BCUT2D eigenvalue weighted by molar-refractivity contribution is -0.0855. The van der Waals surface area contributed by atoms with Crippen molar-refractivity contribution in [3.63, 3.8) is 0 Å². The van der Waals surface area contributed by atoms with Crippen molar-refractivity contribution in [2.75, 3.05) is 54.2 Å². The molecular formula is C21H35N3O4. The van der Waals surface area contributed by atoms with Crippen molar-refractivity contribution >= 4 is 5.96 Å². The van der Waals surface area contributed by atoms with E-state index in [1.165, 1.54) is 5.56 Å². The normalized spacial score (nSPS) is 16.6. The zero-order chi connectivity index (χ0) is 20.2. The molecule has 2 N–H and O–H groups in total. The Morgan fingerprint density at radius 2 is 1.96 bits per heavy atom. The molecule has 1 aliphatic rings. The molecule has 7 nitrogen and oxygen atoms in total. The first-order chi connectivity index (χ1) is 13.6. The van der Waals surface area contributed by atoms with Crippen LogP contribution in [0.1, 0.15) is 30.4 Å². The number of rotatable bonds is 10. The second-order valence-corrected chi connectivity index (χ2v) is 7.08. The summed E-state index contributed by atoms with van der Waals surface area (Å²) in [6, 6.07) is 6.26. The zero-order valence-electron chi connectivity index (χ0n) is 17.7. The van der Waals surface area contributed by atoms with Gasteiger partial charge in [0.1, 0.15) is 5.75 Å². The fourth-order valence-electron chi connectivity index (χ4n) is 3.17. The predicted molar refractivity (Wildman–Crippen MR) is 111 cm³/mol. The Balaban J connectivity index is 1.90. The van der Waals surface area contributed by atoms with E-state index < -0.39 is 0 Å². The van der Waals surface area contributed by atoms with Crippen molar-refractivity contribution in [1.29, 1.82) is 0 Å². The van der Waals surface area contributed by atoms with Crippen LogP contribution >= 0.6 is 0 Å². The van der Waals surface area contributed by atoms with Crippen LogP contribution in [0, 0.1) is 6.92 Å². The predicted octanol–water partition coefficient (Wildman–Crippen LogP) is 2.27. The summed E-state index contributed by atoms with van der Waals surface area (Å²) in [6.45, 7) is 6.18. The van der Waals surface area contributed by atoms with Crippen LogP contribution in [0.3, 0.4) is 0 Å². The van der Waals surface area contributed by atoms with Gasteiger partial charge >= 0.3 is 0 Å². The fraction of sp³-hybridized carbons (Fsp3) is 0.667. The molecule has 28 heavy (non-hydrogen) atoms. The topological polar surface area (TPSA) is 73.3 Å². The van der Waals surface area contributed by atoms with Crippen molar-refractivity contribution in [3.05, 3.63) is 29.3 Å². The highest BCUT2D eigenvalue weighted by atomic mass is 16.5. The average Bonchev–Trinajstić information content (AvgIpc) is 2.73. The molecule has 2 rings (SSSR count). The van der Waals surface area contributed by atoms with Crippen molar-refractivity contribution in [2.45, 2.75) is 38.3 Å². The summed E-state index contributed by atoms with van der Waals surface area (Å²) in [5.41, 5.74) is 2.07. The number of nitrogens with zero attached hydrogens (tertiary/aromatic N) is 1. The molecule has 1 heterocycles. The van der Waals surface area contributed by atoms with Crippen molar-refractivity contribution in [1.82, 2.24) is 10.6 Å². The smallest absolute Gasteiger partial charge is 0.191 e. The Hall–Kier alpha value is -1.83. The maximum absolute atomic E-state index is 5.96. The van der Waals surface area contributed by atoms with Crippen LogP contribution in [0.4, 0.5) is 0 Å². The molecule has 0 aromatic heterocycles. The number of hydrogen-bond donors (Lipinski definition) is 2. The van der Waals surface area contributed by atoms with Crippen LogP contribution in [0.15, 0.2) is 23.2 Å². The number of aliphatic imine (C=N–C) groups is 1. The molecule has 0 bridgehead atoms. The van der Waals surface area contributed by atoms with Gasteiger partial charge in [0.2, 0.25) is 0 Å². The molecule has 0 aliphatic carbocycles. The second-order valence-electron chi connectivity index (χ2n) is 7.08. The highest BCUT2D eigenvalue weighted by Crippen LogP contribution is 2.23. The summed E-state index contributed by atoms with van der Waals surface area (Å²) < 4.78 is 22.3. The summed E-state index contributed by atoms with van der Waals surface area (Å²) in [4.78, 5) is 4.34. The Kier molecular flexibility index (Phi) is 9.54. The van der Waals surface area contributed by atoms with Crippen LogP contribution in [-0.2, 0) is 20.8 Å². The van der Waals surface area contributed by atoms with E-state index in [9.17, 15) is 0 Å². The number of methoxy groups -OCH3 is 2. The van der Waals surface area contributed by atoms with Crippen LogP contribution in [0.2, 0.25) is 0 Å². The van der Waals surface area contributed by atoms with Gasteiger partial charge in [0.15, 0.2) is 5.96 Å². The lowest BCUT2D eigenvalue weighted by atomic mass is 9.94. The van der Waals surface area contributed by atoms with Gasteiger partial charge in [-0.1, -0.05) is 12.1 Å². The molecule has 1 aromatic rings. The van der Waals surface area contributed by atoms with E-state index in [1.807, 2.05) is 0 Å². The molecule has 158 valence electrons. The molecule has 0 saturated carbocycles. The van der Waals surface area contributed by atoms with Gasteiger partial charge in [0, 0.05) is 79.0 Å². The van der Waals surface area contributed by atoms with E-state index in [0.29, 0.717) is 26.3 Å². The second kappa shape index (κ2) is 11.9. The third-order valence-electron chi connectivity index (χ3n) is 5.06. The molecule has 0 unspecified atom stereocenters. The molecule has 1 fully saturated rings. The van der Waals surface area contributed by atoms with Gasteiger partial charge in [-0.15, -0.1) is 0 Å². The van der Waals surface area contributed by atoms with Gasteiger partial charge in [-0.2, -0.15) is 0 Å². The standard InChI is InChI=1S/C21H35N3O4/c1-17-6-7-18(19(14-17)28-11-5-10-25-3)15-23-20(22-2)24-16-21(26-4)8-12-27-13-9-21/h6-7,14H,5,8-13,15-16H2,1-4H3,(H2,22,23,24). The van der Waals surface area contributed by atoms with Crippen molar-refractivity contribution in [3.8, 4) is 5.75 Å². The third-order valence-corrected chi connectivity index (χ3v) is 5.06. The SMILES string of the molecule is CN=C(NCc1ccc(C)cc1OCCCOC)NCC1(OC)CCOCC1. The number of benzene rings is 1. The number of ether oxygens (including phenoxy) is 4. The van der Waals surface area contributed by atoms with Crippen LogP contribution in [-0.4, -0.2) is 65.8 Å². The van der Waals surface area contributed by atoms with Gasteiger partial charge in [-0.3, -0.25) is 4.99 Å². The number of nitrogens with one attached hydrogen (secondary N) is 2. The lowest BCUT2D eigenvalue weighted by Crippen LogP contribution is -2.50. The highest BCUT2D eigenvalue weighted by Gasteiger charge is 2.32. The molecular weight excluding hydrogens is 358 g/mol. The molecule has 1 aliphatic heterocycles. The molecule has 0 atom stereocenters. The summed E-state index contributed by atoms with van der Waals surface area (Å²) in [5, 5.41) is 6.77. The summed E-state index contributed by atoms with van der Waals surface area (Å²) in [5.74, 6) is 1.64. The van der Waals surface area contributed by atoms with E-state index in [-0.39, 0.29) is 5.60 Å². The third kappa shape index (κ3) is 6.96. The summed E-state index contributed by atoms with van der Waals surface area (Å²) >= 11 is 0. The maximum atomic E-state index is 5.96.